The van der Waals surface area contributed by atoms with Gasteiger partial charge in [-0.2, -0.15) is 0 Å². The van der Waals surface area contributed by atoms with E-state index in [1.165, 1.54) is 0 Å². The Morgan fingerprint density at radius 3 is 2.23 bits per heavy atom. The molecule has 1 heterocycles. The molecule has 0 atom stereocenters. The summed E-state index contributed by atoms with van der Waals surface area (Å²) in [7, 11) is 0. The SMILES string of the molecule is O=C1NC(=O)c2c1cccc2-c1ccc(C(Cl)(Cl)Cl)c(Cl)c1. The van der Waals surface area contributed by atoms with Crippen molar-refractivity contribution in [1.82, 2.24) is 5.32 Å². The zero-order chi connectivity index (χ0) is 16.1. The van der Waals surface area contributed by atoms with Crippen LogP contribution in [0.25, 0.3) is 11.1 Å². The van der Waals surface area contributed by atoms with Gasteiger partial charge >= 0.3 is 0 Å². The second-order valence-electron chi connectivity index (χ2n) is 4.70. The van der Waals surface area contributed by atoms with E-state index >= 15 is 0 Å². The number of halogens is 4. The maximum atomic E-state index is 12.0. The third-order valence-corrected chi connectivity index (χ3v) is 4.27. The molecule has 0 spiro atoms. The maximum Gasteiger partial charge on any atom is 0.259 e. The van der Waals surface area contributed by atoms with Gasteiger partial charge in [-0.15, -0.1) is 0 Å². The lowest BCUT2D eigenvalue weighted by Gasteiger charge is -2.15. The summed E-state index contributed by atoms with van der Waals surface area (Å²) in [5.41, 5.74) is 2.26. The molecule has 0 radical (unpaired) electrons. The first-order chi connectivity index (χ1) is 10.3. The smallest absolute Gasteiger partial charge is 0.259 e. The molecule has 0 saturated carbocycles. The van der Waals surface area contributed by atoms with Gasteiger partial charge in [-0.3, -0.25) is 14.9 Å². The third-order valence-electron chi connectivity index (χ3n) is 3.35. The molecular weight excluding hydrogens is 368 g/mol. The fourth-order valence-corrected chi connectivity index (χ4v) is 3.33. The molecule has 3 rings (SSSR count). The Hall–Kier alpha value is -1.26. The van der Waals surface area contributed by atoms with Crippen molar-refractivity contribution in [2.45, 2.75) is 3.79 Å². The van der Waals surface area contributed by atoms with Crippen LogP contribution in [0.2, 0.25) is 5.02 Å². The van der Waals surface area contributed by atoms with Crippen LogP contribution in [0.5, 0.6) is 0 Å². The van der Waals surface area contributed by atoms with Crippen LogP contribution in [0.4, 0.5) is 0 Å². The highest BCUT2D eigenvalue weighted by Crippen LogP contribution is 2.43. The van der Waals surface area contributed by atoms with E-state index in [2.05, 4.69) is 5.32 Å². The molecular formula is C15H7Cl4NO2. The van der Waals surface area contributed by atoms with Gasteiger partial charge in [-0.05, 0) is 23.3 Å². The summed E-state index contributed by atoms with van der Waals surface area (Å²) in [5, 5.41) is 2.53. The van der Waals surface area contributed by atoms with E-state index in [0.717, 1.165) is 0 Å². The molecule has 1 aliphatic rings. The lowest BCUT2D eigenvalue weighted by molar-refractivity contribution is 0.0880. The second kappa shape index (κ2) is 5.43. The number of hydrogen-bond acceptors (Lipinski definition) is 2. The monoisotopic (exact) mass is 373 g/mol. The number of rotatable bonds is 1. The van der Waals surface area contributed by atoms with Gasteiger partial charge in [0.1, 0.15) is 0 Å². The molecule has 0 aliphatic carbocycles. The van der Waals surface area contributed by atoms with E-state index in [0.29, 0.717) is 27.8 Å². The number of nitrogens with one attached hydrogen (secondary N) is 1. The standard InChI is InChI=1S/C15H7Cl4NO2/c16-11-6-7(4-5-10(11)15(17,18)19)8-2-1-3-9-12(8)14(22)20-13(9)21/h1-6H,(H,20,21,22). The first-order valence-electron chi connectivity index (χ1n) is 6.15. The van der Waals surface area contributed by atoms with Gasteiger partial charge < -0.3 is 0 Å². The molecule has 1 aliphatic heterocycles. The number of hydrogen-bond donors (Lipinski definition) is 1. The summed E-state index contributed by atoms with van der Waals surface area (Å²) < 4.78 is -1.64. The van der Waals surface area contributed by atoms with Crippen molar-refractivity contribution in [3.63, 3.8) is 0 Å². The highest BCUT2D eigenvalue weighted by molar-refractivity contribution is 6.67. The second-order valence-corrected chi connectivity index (χ2v) is 7.39. The zero-order valence-electron chi connectivity index (χ0n) is 10.8. The Morgan fingerprint density at radius 2 is 1.59 bits per heavy atom. The molecule has 1 N–H and O–H groups in total. The van der Waals surface area contributed by atoms with E-state index in [-0.39, 0.29) is 5.02 Å². The molecule has 0 bridgehead atoms. The van der Waals surface area contributed by atoms with E-state index < -0.39 is 15.6 Å². The molecule has 0 aromatic heterocycles. The van der Waals surface area contributed by atoms with Gasteiger partial charge in [0.15, 0.2) is 0 Å². The summed E-state index contributed by atoms with van der Waals surface area (Å²) in [5.74, 6) is -0.844. The van der Waals surface area contributed by atoms with E-state index in [4.69, 9.17) is 46.4 Å². The average molecular weight is 375 g/mol. The van der Waals surface area contributed by atoms with Gasteiger partial charge in [0.25, 0.3) is 11.8 Å². The van der Waals surface area contributed by atoms with Crippen LogP contribution in [0.3, 0.4) is 0 Å². The fraction of sp³-hybridized carbons (Fsp3) is 0.0667. The van der Waals surface area contributed by atoms with Gasteiger partial charge in [0, 0.05) is 10.6 Å². The number of carbonyl (C=O) groups excluding carboxylic acids is 2. The Bertz CT molecular complexity index is 812. The molecule has 2 amide bonds. The molecule has 7 heteroatoms. The predicted octanol–water partition coefficient (Wildman–Crippen LogP) is 4.72. The van der Waals surface area contributed by atoms with Crippen molar-refractivity contribution in [2.24, 2.45) is 0 Å². The molecule has 2 aromatic rings. The first kappa shape index (κ1) is 15.6. The van der Waals surface area contributed by atoms with Gasteiger partial charge in [0.05, 0.1) is 11.1 Å². The Balaban J connectivity index is 2.17. The fourth-order valence-electron chi connectivity index (χ4n) is 2.37. The van der Waals surface area contributed by atoms with Crippen molar-refractivity contribution >= 4 is 58.2 Å². The quantitative estimate of drug-likeness (QED) is 0.580. The van der Waals surface area contributed by atoms with Crippen molar-refractivity contribution in [1.29, 1.82) is 0 Å². The minimum Gasteiger partial charge on any atom is -0.288 e. The molecule has 2 aromatic carbocycles. The topological polar surface area (TPSA) is 46.2 Å². The van der Waals surface area contributed by atoms with Crippen LogP contribution in [-0.4, -0.2) is 11.8 Å². The molecule has 0 unspecified atom stereocenters. The lowest BCUT2D eigenvalue weighted by Crippen LogP contribution is -2.20. The van der Waals surface area contributed by atoms with E-state index in [1.54, 1.807) is 36.4 Å². The zero-order valence-corrected chi connectivity index (χ0v) is 13.8. The van der Waals surface area contributed by atoms with Crippen LogP contribution in [0, 0.1) is 0 Å². The minimum absolute atomic E-state index is 0.264. The third kappa shape index (κ3) is 2.59. The Labute approximate surface area is 146 Å². The summed E-state index contributed by atoms with van der Waals surface area (Å²) >= 11 is 23.7. The average Bonchev–Trinajstić information content (AvgIpc) is 2.73. The van der Waals surface area contributed by atoms with Crippen LogP contribution in [-0.2, 0) is 3.79 Å². The van der Waals surface area contributed by atoms with Crippen molar-refractivity contribution in [3.05, 3.63) is 58.1 Å². The highest BCUT2D eigenvalue weighted by atomic mass is 35.6. The minimum atomic E-state index is -1.64. The summed E-state index contributed by atoms with van der Waals surface area (Å²) in [6.07, 6.45) is 0. The number of imide groups is 1. The number of carbonyl (C=O) groups is 2. The van der Waals surface area contributed by atoms with Crippen molar-refractivity contribution in [2.75, 3.05) is 0 Å². The van der Waals surface area contributed by atoms with Crippen LogP contribution < -0.4 is 5.32 Å². The van der Waals surface area contributed by atoms with E-state index in [9.17, 15) is 9.59 Å². The van der Waals surface area contributed by atoms with Crippen molar-refractivity contribution < 1.29 is 9.59 Å². The summed E-state index contributed by atoms with van der Waals surface area (Å²) in [6.45, 7) is 0. The normalized spacial score (nSPS) is 14.0. The van der Waals surface area contributed by atoms with Crippen LogP contribution >= 0.6 is 46.4 Å². The maximum absolute atomic E-state index is 12.0. The molecule has 22 heavy (non-hydrogen) atoms. The summed E-state index contributed by atoms with van der Waals surface area (Å²) in [4.78, 5) is 23.7. The van der Waals surface area contributed by atoms with Crippen LogP contribution in [0.1, 0.15) is 26.3 Å². The number of amides is 2. The van der Waals surface area contributed by atoms with Gasteiger partial charge in [-0.25, -0.2) is 0 Å². The van der Waals surface area contributed by atoms with Crippen molar-refractivity contribution in [3.8, 4) is 11.1 Å². The van der Waals surface area contributed by atoms with Gasteiger partial charge in [-0.1, -0.05) is 70.7 Å². The number of fused-ring (bicyclic) bond motifs is 1. The van der Waals surface area contributed by atoms with Crippen LogP contribution in [0.15, 0.2) is 36.4 Å². The first-order valence-corrected chi connectivity index (χ1v) is 7.66. The Morgan fingerprint density at radius 1 is 0.909 bits per heavy atom. The molecule has 112 valence electrons. The van der Waals surface area contributed by atoms with E-state index in [1.807, 2.05) is 0 Å². The predicted molar refractivity (Wildman–Crippen MR) is 87.9 cm³/mol. The number of alkyl halides is 3. The lowest BCUT2D eigenvalue weighted by atomic mass is 9.96. The van der Waals surface area contributed by atoms with Gasteiger partial charge in [0.2, 0.25) is 3.79 Å². The largest absolute Gasteiger partial charge is 0.288 e. The Kier molecular flexibility index (Phi) is 3.86. The summed E-state index contributed by atoms with van der Waals surface area (Å²) in [6, 6.07) is 9.90. The molecule has 0 fully saturated rings. The number of benzene rings is 2. The molecule has 0 saturated heterocycles. The highest BCUT2D eigenvalue weighted by Gasteiger charge is 2.30. The molecule has 3 nitrogen and oxygen atoms in total.